The molecular formula is C13H12F3N5O3. The first kappa shape index (κ1) is 17.4. The molecule has 8 nitrogen and oxygen atoms in total. The van der Waals surface area contributed by atoms with Gasteiger partial charge in [0.1, 0.15) is 0 Å². The van der Waals surface area contributed by atoms with Gasteiger partial charge >= 0.3 is 12.5 Å². The van der Waals surface area contributed by atoms with Crippen molar-refractivity contribution in [3.63, 3.8) is 0 Å². The molecule has 0 fully saturated rings. The normalized spacial score (nSPS) is 12.5. The number of amides is 1. The number of alkyl halides is 3. The molecular weight excluding hydrogens is 331 g/mol. The zero-order valence-electron chi connectivity index (χ0n) is 12.3. The summed E-state index contributed by atoms with van der Waals surface area (Å²) in [5.74, 6) is -0.447. The fourth-order valence-electron chi connectivity index (χ4n) is 1.82. The first-order valence-electron chi connectivity index (χ1n) is 6.61. The first-order chi connectivity index (χ1) is 11.3. The van der Waals surface area contributed by atoms with E-state index in [0.29, 0.717) is 0 Å². The van der Waals surface area contributed by atoms with E-state index in [1.807, 2.05) is 0 Å². The zero-order chi connectivity index (χ0) is 17.7. The van der Waals surface area contributed by atoms with Crippen LogP contribution in [0.3, 0.4) is 0 Å². The van der Waals surface area contributed by atoms with E-state index >= 15 is 0 Å². The summed E-state index contributed by atoms with van der Waals surface area (Å²) in [5.41, 5.74) is 0.148. The van der Waals surface area contributed by atoms with Crippen LogP contribution in [0.4, 0.5) is 18.0 Å². The van der Waals surface area contributed by atoms with Gasteiger partial charge < -0.3 is 9.84 Å². The number of rotatable bonds is 5. The maximum atomic E-state index is 12.1. The number of ether oxygens (including phenoxy) is 1. The summed E-state index contributed by atoms with van der Waals surface area (Å²) >= 11 is 0. The Morgan fingerprint density at radius 2 is 1.96 bits per heavy atom. The molecule has 0 saturated carbocycles. The van der Waals surface area contributed by atoms with Crippen molar-refractivity contribution >= 4 is 6.09 Å². The predicted octanol–water partition coefficient (Wildman–Crippen LogP) is 2.41. The molecule has 1 unspecified atom stereocenters. The number of hydrogen-bond acceptors (Lipinski definition) is 6. The van der Waals surface area contributed by atoms with Crippen LogP contribution >= 0.6 is 0 Å². The highest BCUT2D eigenvalue weighted by Crippen LogP contribution is 2.21. The number of aromatic nitrogens is 4. The maximum absolute atomic E-state index is 12.1. The molecule has 1 N–H and O–H groups in total. The summed E-state index contributed by atoms with van der Waals surface area (Å²) in [6.45, 7) is 1.38. The molecule has 0 spiro atoms. The lowest BCUT2D eigenvalue weighted by Gasteiger charge is -2.24. The zero-order valence-corrected chi connectivity index (χ0v) is 12.3. The van der Waals surface area contributed by atoms with Gasteiger partial charge in [0.2, 0.25) is 5.88 Å². The molecule has 0 bridgehead atoms. The fraction of sp³-hybridized carbons (Fsp3) is 0.308. The molecule has 11 heteroatoms. The van der Waals surface area contributed by atoms with E-state index in [1.165, 1.54) is 18.5 Å². The van der Waals surface area contributed by atoms with Crippen molar-refractivity contribution in [2.75, 3.05) is 0 Å². The molecule has 24 heavy (non-hydrogen) atoms. The standard InChI is InChI=1S/C13H12F3N5O3/c1-8(11-17-5-2-6-18-11)21(12(22)23)7-9-3-4-10(20-19-9)24-13(14,15)16/h2-6,8H,7H2,1H3,(H,22,23). The van der Waals surface area contributed by atoms with Crippen molar-refractivity contribution in [2.24, 2.45) is 0 Å². The van der Waals surface area contributed by atoms with Crippen molar-refractivity contribution in [2.45, 2.75) is 25.9 Å². The van der Waals surface area contributed by atoms with Gasteiger partial charge in [-0.25, -0.2) is 14.8 Å². The minimum atomic E-state index is -4.87. The highest BCUT2D eigenvalue weighted by atomic mass is 19.4. The minimum Gasteiger partial charge on any atom is -0.465 e. The van der Waals surface area contributed by atoms with Gasteiger partial charge in [-0.1, -0.05) is 0 Å². The summed E-state index contributed by atoms with van der Waals surface area (Å²) in [7, 11) is 0. The Morgan fingerprint density at radius 3 is 2.46 bits per heavy atom. The quantitative estimate of drug-likeness (QED) is 0.889. The van der Waals surface area contributed by atoms with Crippen molar-refractivity contribution in [3.05, 3.63) is 42.1 Å². The van der Waals surface area contributed by atoms with Crippen molar-refractivity contribution in [1.29, 1.82) is 0 Å². The van der Waals surface area contributed by atoms with E-state index in [2.05, 4.69) is 24.9 Å². The Morgan fingerprint density at radius 1 is 1.29 bits per heavy atom. The third kappa shape index (κ3) is 4.76. The first-order valence-corrected chi connectivity index (χ1v) is 6.61. The smallest absolute Gasteiger partial charge is 0.465 e. The molecule has 2 rings (SSSR count). The van der Waals surface area contributed by atoms with E-state index in [-0.39, 0.29) is 18.1 Å². The Balaban J connectivity index is 2.12. The summed E-state index contributed by atoms with van der Waals surface area (Å²) in [4.78, 5) is 20.4. The highest BCUT2D eigenvalue weighted by molar-refractivity contribution is 5.65. The largest absolute Gasteiger partial charge is 0.574 e. The monoisotopic (exact) mass is 343 g/mol. The van der Waals surface area contributed by atoms with E-state index in [0.717, 1.165) is 11.0 Å². The van der Waals surface area contributed by atoms with Crippen LogP contribution in [-0.4, -0.2) is 42.6 Å². The van der Waals surface area contributed by atoms with E-state index in [4.69, 9.17) is 0 Å². The molecule has 2 aromatic rings. The molecule has 1 amide bonds. The van der Waals surface area contributed by atoms with Crippen LogP contribution in [0.2, 0.25) is 0 Å². The van der Waals surface area contributed by atoms with E-state index in [1.54, 1.807) is 13.0 Å². The third-order valence-corrected chi connectivity index (χ3v) is 2.92. The second kappa shape index (κ2) is 7.06. The second-order valence-electron chi connectivity index (χ2n) is 4.60. The molecule has 0 aliphatic heterocycles. The maximum Gasteiger partial charge on any atom is 0.574 e. The van der Waals surface area contributed by atoms with Crippen LogP contribution in [0.5, 0.6) is 5.88 Å². The number of carbonyl (C=O) groups is 1. The van der Waals surface area contributed by atoms with E-state index < -0.39 is 24.4 Å². The van der Waals surface area contributed by atoms with Crippen molar-refractivity contribution in [1.82, 2.24) is 25.1 Å². The Bertz CT molecular complexity index is 682. The number of carboxylic acid groups (broad SMARTS) is 1. The number of nitrogens with zero attached hydrogens (tertiary/aromatic N) is 5. The van der Waals surface area contributed by atoms with Gasteiger partial charge in [0.15, 0.2) is 5.82 Å². The fourth-order valence-corrected chi connectivity index (χ4v) is 1.82. The predicted molar refractivity (Wildman–Crippen MR) is 72.7 cm³/mol. The van der Waals surface area contributed by atoms with Crippen LogP contribution in [0, 0.1) is 0 Å². The van der Waals surface area contributed by atoms with Crippen molar-refractivity contribution in [3.8, 4) is 5.88 Å². The van der Waals surface area contributed by atoms with Gasteiger partial charge in [-0.15, -0.1) is 23.4 Å². The molecule has 2 aromatic heterocycles. The Kier molecular flexibility index (Phi) is 5.11. The molecule has 0 aliphatic carbocycles. The summed E-state index contributed by atoms with van der Waals surface area (Å²) in [5, 5.41) is 16.1. The van der Waals surface area contributed by atoms with Crippen LogP contribution < -0.4 is 4.74 Å². The highest BCUT2D eigenvalue weighted by Gasteiger charge is 2.32. The Hall–Kier alpha value is -2.98. The molecule has 1 atom stereocenters. The number of hydrogen-bond donors (Lipinski definition) is 1. The van der Waals surface area contributed by atoms with Crippen LogP contribution in [0.15, 0.2) is 30.6 Å². The molecule has 2 heterocycles. The van der Waals surface area contributed by atoms with Gasteiger partial charge in [-0.05, 0) is 19.1 Å². The lowest BCUT2D eigenvalue weighted by Crippen LogP contribution is -2.33. The SMILES string of the molecule is CC(c1ncccn1)N(Cc1ccc(OC(F)(F)F)nn1)C(=O)O. The molecule has 0 radical (unpaired) electrons. The van der Waals surface area contributed by atoms with Gasteiger partial charge in [0.25, 0.3) is 0 Å². The summed E-state index contributed by atoms with van der Waals surface area (Å²) in [6.07, 6.45) is -3.18. The van der Waals surface area contributed by atoms with E-state index in [9.17, 15) is 23.1 Å². The average Bonchev–Trinajstić information content (AvgIpc) is 2.52. The van der Waals surface area contributed by atoms with Gasteiger partial charge in [-0.3, -0.25) is 4.90 Å². The lowest BCUT2D eigenvalue weighted by molar-refractivity contribution is -0.276. The van der Waals surface area contributed by atoms with Gasteiger partial charge in [0, 0.05) is 18.5 Å². The lowest BCUT2D eigenvalue weighted by atomic mass is 10.2. The third-order valence-electron chi connectivity index (χ3n) is 2.92. The van der Waals surface area contributed by atoms with Gasteiger partial charge in [-0.2, -0.15) is 0 Å². The van der Waals surface area contributed by atoms with Crippen LogP contribution in [-0.2, 0) is 6.54 Å². The van der Waals surface area contributed by atoms with Crippen LogP contribution in [0.25, 0.3) is 0 Å². The average molecular weight is 343 g/mol. The second-order valence-corrected chi connectivity index (χ2v) is 4.60. The number of halogens is 3. The minimum absolute atomic E-state index is 0.148. The van der Waals surface area contributed by atoms with Gasteiger partial charge in [0.05, 0.1) is 18.3 Å². The van der Waals surface area contributed by atoms with Crippen LogP contribution in [0.1, 0.15) is 24.5 Å². The van der Waals surface area contributed by atoms with Crippen molar-refractivity contribution < 1.29 is 27.8 Å². The Labute approximate surface area is 133 Å². The molecule has 128 valence electrons. The molecule has 0 aromatic carbocycles. The molecule has 0 saturated heterocycles. The summed E-state index contributed by atoms with van der Waals surface area (Å²) < 4.78 is 39.8. The topological polar surface area (TPSA) is 101 Å². The molecule has 0 aliphatic rings. The summed E-state index contributed by atoms with van der Waals surface area (Å²) in [6, 6.07) is 3.06.